The van der Waals surface area contributed by atoms with Crippen LogP contribution in [0.4, 0.5) is 13.2 Å². The molecular formula is C14H20F3NO. The first-order valence-electron chi connectivity index (χ1n) is 6.26. The summed E-state index contributed by atoms with van der Waals surface area (Å²) in [6.07, 6.45) is 1.38. The molecule has 108 valence electrons. The van der Waals surface area contributed by atoms with Crippen molar-refractivity contribution in [2.45, 2.75) is 45.8 Å². The van der Waals surface area contributed by atoms with Crippen LogP contribution in [0.2, 0.25) is 0 Å². The fourth-order valence-corrected chi connectivity index (χ4v) is 1.92. The van der Waals surface area contributed by atoms with Crippen molar-refractivity contribution >= 4 is 5.91 Å². The molecule has 5 heteroatoms. The fourth-order valence-electron chi connectivity index (χ4n) is 1.92. The van der Waals surface area contributed by atoms with Gasteiger partial charge in [-0.25, -0.2) is 0 Å². The van der Waals surface area contributed by atoms with E-state index in [1.54, 1.807) is 25.2 Å². The van der Waals surface area contributed by atoms with Gasteiger partial charge in [0.25, 0.3) is 0 Å². The number of alkyl halides is 3. The highest BCUT2D eigenvalue weighted by atomic mass is 19.4. The average Bonchev–Trinajstić information content (AvgIpc) is 2.73. The lowest BCUT2D eigenvalue weighted by Crippen LogP contribution is -2.42. The van der Waals surface area contributed by atoms with E-state index < -0.39 is 18.1 Å². The summed E-state index contributed by atoms with van der Waals surface area (Å²) < 4.78 is 36.3. The highest BCUT2D eigenvalue weighted by Gasteiger charge is 2.41. The standard InChI is InChI=1S/C12H14F3NO.C2H6/c1-3-5-8-6-7-10(9(8)4-2)16-11(17)12(13,14)15;1-2/h3-5,10H,1,6-7H2,2H3,(H,16,17);1-2H3/b8-5-,9-4+;. The van der Waals surface area contributed by atoms with E-state index in [2.05, 4.69) is 6.58 Å². The second-order valence-corrected chi connectivity index (χ2v) is 3.73. The number of rotatable bonds is 2. The number of hydrogen-bond acceptors (Lipinski definition) is 1. The van der Waals surface area contributed by atoms with E-state index >= 15 is 0 Å². The Morgan fingerprint density at radius 1 is 1.42 bits per heavy atom. The van der Waals surface area contributed by atoms with Crippen molar-refractivity contribution in [1.82, 2.24) is 5.32 Å². The van der Waals surface area contributed by atoms with Gasteiger partial charge in [-0.3, -0.25) is 4.79 Å². The van der Waals surface area contributed by atoms with Crippen molar-refractivity contribution in [2.75, 3.05) is 0 Å². The minimum absolute atomic E-state index is 0.487. The molecule has 0 saturated heterocycles. The molecule has 1 fully saturated rings. The number of hydrogen-bond donors (Lipinski definition) is 1. The zero-order valence-electron chi connectivity index (χ0n) is 11.5. The van der Waals surface area contributed by atoms with Crippen LogP contribution < -0.4 is 5.32 Å². The molecule has 0 aromatic carbocycles. The molecule has 0 aliphatic heterocycles. The molecule has 1 unspecified atom stereocenters. The van der Waals surface area contributed by atoms with E-state index in [-0.39, 0.29) is 0 Å². The average molecular weight is 275 g/mol. The van der Waals surface area contributed by atoms with Crippen LogP contribution in [0.15, 0.2) is 36.0 Å². The van der Waals surface area contributed by atoms with Crippen LogP contribution in [0.25, 0.3) is 0 Å². The van der Waals surface area contributed by atoms with Crippen LogP contribution in [-0.2, 0) is 4.79 Å². The van der Waals surface area contributed by atoms with E-state index in [0.717, 1.165) is 11.1 Å². The maximum absolute atomic E-state index is 12.1. The zero-order chi connectivity index (χ0) is 15.1. The van der Waals surface area contributed by atoms with Gasteiger partial charge in [0.15, 0.2) is 0 Å². The molecule has 2 nitrogen and oxygen atoms in total. The van der Waals surface area contributed by atoms with Crippen LogP contribution in [0, 0.1) is 0 Å². The third kappa shape index (κ3) is 4.93. The Hall–Kier alpha value is -1.52. The molecule has 1 aliphatic rings. The van der Waals surface area contributed by atoms with Crippen LogP contribution in [0.3, 0.4) is 0 Å². The van der Waals surface area contributed by atoms with Crippen LogP contribution in [0.1, 0.15) is 33.6 Å². The third-order valence-electron chi connectivity index (χ3n) is 2.64. The van der Waals surface area contributed by atoms with Gasteiger partial charge in [-0.1, -0.05) is 38.7 Å². The largest absolute Gasteiger partial charge is 0.471 e. The maximum Gasteiger partial charge on any atom is 0.471 e. The number of amides is 1. The lowest BCUT2D eigenvalue weighted by Gasteiger charge is -2.15. The summed E-state index contributed by atoms with van der Waals surface area (Å²) in [4.78, 5) is 10.8. The predicted octanol–water partition coefficient (Wildman–Crippen LogP) is 3.91. The Kier molecular flexibility index (Phi) is 7.19. The van der Waals surface area contributed by atoms with Crippen LogP contribution in [0.5, 0.6) is 0 Å². The van der Waals surface area contributed by atoms with Crippen molar-refractivity contribution in [3.63, 3.8) is 0 Å². The van der Waals surface area contributed by atoms with E-state index in [1.807, 2.05) is 19.2 Å². The minimum Gasteiger partial charge on any atom is -0.341 e. The summed E-state index contributed by atoms with van der Waals surface area (Å²) in [5, 5.41) is 2.00. The van der Waals surface area contributed by atoms with Gasteiger partial charge < -0.3 is 5.32 Å². The lowest BCUT2D eigenvalue weighted by molar-refractivity contribution is -0.174. The molecule has 0 radical (unpaired) electrons. The van der Waals surface area contributed by atoms with Gasteiger partial charge in [0.05, 0.1) is 6.04 Å². The van der Waals surface area contributed by atoms with Gasteiger partial charge in [0.1, 0.15) is 0 Å². The molecule has 1 rings (SSSR count). The molecule has 0 aromatic heterocycles. The van der Waals surface area contributed by atoms with E-state index in [9.17, 15) is 18.0 Å². The van der Waals surface area contributed by atoms with E-state index in [0.29, 0.717) is 12.8 Å². The van der Waals surface area contributed by atoms with Gasteiger partial charge in [0.2, 0.25) is 0 Å². The highest BCUT2D eigenvalue weighted by molar-refractivity contribution is 5.82. The molecule has 0 spiro atoms. The SMILES string of the molecule is C=C/C=C1/CCC(NC(=O)C(F)(F)F)/C1=C/C.CC. The van der Waals surface area contributed by atoms with E-state index in [1.165, 1.54) is 0 Å². The number of nitrogens with one attached hydrogen (secondary N) is 1. The summed E-state index contributed by atoms with van der Waals surface area (Å²) in [6.45, 7) is 9.29. The molecule has 1 N–H and O–H groups in total. The van der Waals surface area contributed by atoms with Crippen molar-refractivity contribution in [3.05, 3.63) is 36.0 Å². The molecular weight excluding hydrogens is 255 g/mol. The zero-order valence-corrected chi connectivity index (χ0v) is 11.5. The molecule has 19 heavy (non-hydrogen) atoms. The first-order valence-corrected chi connectivity index (χ1v) is 6.26. The Bertz CT molecular complexity index is 381. The number of carbonyl (C=O) groups is 1. The van der Waals surface area contributed by atoms with Crippen molar-refractivity contribution in [3.8, 4) is 0 Å². The van der Waals surface area contributed by atoms with Gasteiger partial charge in [0, 0.05) is 0 Å². The molecule has 1 saturated carbocycles. The Labute approximate surface area is 112 Å². The number of carbonyl (C=O) groups excluding carboxylic acids is 1. The van der Waals surface area contributed by atoms with Crippen molar-refractivity contribution in [2.24, 2.45) is 0 Å². The summed E-state index contributed by atoms with van der Waals surface area (Å²) in [7, 11) is 0. The maximum atomic E-state index is 12.1. The normalized spacial score (nSPS) is 22.9. The highest BCUT2D eigenvalue weighted by Crippen LogP contribution is 2.31. The van der Waals surface area contributed by atoms with Gasteiger partial charge in [-0.2, -0.15) is 13.2 Å². The van der Waals surface area contributed by atoms with E-state index in [4.69, 9.17) is 0 Å². The van der Waals surface area contributed by atoms with Gasteiger partial charge in [-0.05, 0) is 30.9 Å². The van der Waals surface area contributed by atoms with Gasteiger partial charge in [-0.15, -0.1) is 0 Å². The lowest BCUT2D eigenvalue weighted by atomic mass is 10.1. The quantitative estimate of drug-likeness (QED) is 0.813. The first kappa shape index (κ1) is 17.5. The summed E-state index contributed by atoms with van der Waals surface area (Å²) in [5.41, 5.74) is 1.66. The molecule has 0 aromatic rings. The predicted molar refractivity (Wildman–Crippen MR) is 70.6 cm³/mol. The smallest absolute Gasteiger partial charge is 0.341 e. The van der Waals surface area contributed by atoms with Crippen molar-refractivity contribution in [1.29, 1.82) is 0 Å². The first-order chi connectivity index (χ1) is 8.90. The van der Waals surface area contributed by atoms with Crippen LogP contribution in [-0.4, -0.2) is 18.1 Å². The summed E-state index contributed by atoms with van der Waals surface area (Å²) >= 11 is 0. The Morgan fingerprint density at radius 2 is 2.00 bits per heavy atom. The summed E-state index contributed by atoms with van der Waals surface area (Å²) in [6, 6.07) is -0.555. The fraction of sp³-hybridized carbons (Fsp3) is 0.500. The molecule has 1 aliphatic carbocycles. The second-order valence-electron chi connectivity index (χ2n) is 3.73. The molecule has 1 atom stereocenters. The molecule has 1 amide bonds. The van der Waals surface area contributed by atoms with Crippen molar-refractivity contribution < 1.29 is 18.0 Å². The monoisotopic (exact) mass is 275 g/mol. The topological polar surface area (TPSA) is 29.1 Å². The number of halogens is 3. The molecule has 0 heterocycles. The van der Waals surface area contributed by atoms with Crippen LogP contribution >= 0.6 is 0 Å². The Balaban J connectivity index is 0.00000154. The third-order valence-corrected chi connectivity index (χ3v) is 2.64. The Morgan fingerprint density at radius 3 is 2.42 bits per heavy atom. The van der Waals surface area contributed by atoms with Gasteiger partial charge >= 0.3 is 12.1 Å². The summed E-state index contributed by atoms with van der Waals surface area (Å²) in [5.74, 6) is -1.89. The number of allylic oxidation sites excluding steroid dienone is 3. The second kappa shape index (κ2) is 7.81. The minimum atomic E-state index is -4.83. The molecule has 0 bridgehead atoms.